The Hall–Kier alpha value is -2.54. The van der Waals surface area contributed by atoms with Crippen molar-refractivity contribution in [2.45, 2.75) is 20.5 Å². The van der Waals surface area contributed by atoms with Gasteiger partial charge in [0.05, 0.1) is 5.56 Å². The van der Waals surface area contributed by atoms with E-state index in [4.69, 9.17) is 10.00 Å². The van der Waals surface area contributed by atoms with Crippen LogP contribution in [0.1, 0.15) is 32.9 Å². The monoisotopic (exact) mass is 254 g/mol. The van der Waals surface area contributed by atoms with Crippen LogP contribution in [0.25, 0.3) is 0 Å². The SMILES string of the molecule is Cc1[nH]c(C(=O)OCc2ccccc2)c(C#N)c1C. The number of hydrogen-bond acceptors (Lipinski definition) is 3. The van der Waals surface area contributed by atoms with Crippen LogP contribution in [-0.2, 0) is 11.3 Å². The van der Waals surface area contributed by atoms with Crippen LogP contribution in [0.15, 0.2) is 30.3 Å². The molecule has 0 saturated heterocycles. The molecule has 0 radical (unpaired) electrons. The summed E-state index contributed by atoms with van der Waals surface area (Å²) in [5.41, 5.74) is 3.09. The number of aryl methyl sites for hydroxylation is 1. The molecule has 1 aromatic carbocycles. The van der Waals surface area contributed by atoms with Crippen LogP contribution in [0, 0.1) is 25.2 Å². The Morgan fingerprint density at radius 3 is 2.63 bits per heavy atom. The first-order chi connectivity index (χ1) is 9.13. The Kier molecular flexibility index (Phi) is 3.67. The van der Waals surface area contributed by atoms with E-state index < -0.39 is 5.97 Å². The number of H-pyrrole nitrogens is 1. The lowest BCUT2D eigenvalue weighted by atomic mass is 10.1. The molecule has 4 heteroatoms. The maximum Gasteiger partial charge on any atom is 0.356 e. The van der Waals surface area contributed by atoms with E-state index in [1.165, 1.54) is 0 Å². The molecule has 96 valence electrons. The van der Waals surface area contributed by atoms with Crippen molar-refractivity contribution in [2.75, 3.05) is 0 Å². The van der Waals surface area contributed by atoms with Crippen LogP contribution in [0.5, 0.6) is 0 Å². The van der Waals surface area contributed by atoms with Gasteiger partial charge in [-0.15, -0.1) is 0 Å². The number of carbonyl (C=O) groups is 1. The highest BCUT2D eigenvalue weighted by molar-refractivity contribution is 5.91. The van der Waals surface area contributed by atoms with E-state index in [2.05, 4.69) is 4.98 Å². The van der Waals surface area contributed by atoms with Crippen molar-refractivity contribution >= 4 is 5.97 Å². The molecule has 0 saturated carbocycles. The normalized spacial score (nSPS) is 9.95. The Labute approximate surface area is 111 Å². The summed E-state index contributed by atoms with van der Waals surface area (Å²) in [6, 6.07) is 11.5. The van der Waals surface area contributed by atoms with Crippen LogP contribution < -0.4 is 0 Å². The Morgan fingerprint density at radius 1 is 1.32 bits per heavy atom. The van der Waals surface area contributed by atoms with E-state index >= 15 is 0 Å². The van der Waals surface area contributed by atoms with E-state index in [0.29, 0.717) is 5.56 Å². The van der Waals surface area contributed by atoms with Crippen LogP contribution in [-0.4, -0.2) is 11.0 Å². The minimum atomic E-state index is -0.503. The number of aromatic nitrogens is 1. The number of nitriles is 1. The minimum absolute atomic E-state index is 0.196. The number of ether oxygens (including phenoxy) is 1. The molecule has 0 amide bonds. The summed E-state index contributed by atoms with van der Waals surface area (Å²) in [4.78, 5) is 14.9. The highest BCUT2D eigenvalue weighted by Crippen LogP contribution is 2.18. The van der Waals surface area contributed by atoms with Crippen molar-refractivity contribution < 1.29 is 9.53 Å². The Morgan fingerprint density at radius 2 is 2.00 bits per heavy atom. The van der Waals surface area contributed by atoms with E-state index in [0.717, 1.165) is 16.8 Å². The number of esters is 1. The summed E-state index contributed by atoms with van der Waals surface area (Å²) in [7, 11) is 0. The van der Waals surface area contributed by atoms with E-state index in [9.17, 15) is 4.79 Å². The number of rotatable bonds is 3. The number of nitrogens with one attached hydrogen (secondary N) is 1. The average molecular weight is 254 g/mol. The van der Waals surface area contributed by atoms with Gasteiger partial charge in [0.15, 0.2) is 0 Å². The molecule has 0 aliphatic heterocycles. The van der Waals surface area contributed by atoms with E-state index in [-0.39, 0.29) is 12.3 Å². The molecule has 4 nitrogen and oxygen atoms in total. The topological polar surface area (TPSA) is 65.9 Å². The fraction of sp³-hybridized carbons (Fsp3) is 0.200. The van der Waals surface area contributed by atoms with E-state index in [1.807, 2.05) is 43.3 Å². The van der Waals surface area contributed by atoms with Gasteiger partial charge in [-0.3, -0.25) is 0 Å². The standard InChI is InChI=1S/C15H14N2O2/c1-10-11(2)17-14(13(10)8-16)15(18)19-9-12-6-4-3-5-7-12/h3-7,17H,9H2,1-2H3. The minimum Gasteiger partial charge on any atom is -0.456 e. The summed E-state index contributed by atoms with van der Waals surface area (Å²) >= 11 is 0. The summed E-state index contributed by atoms with van der Waals surface area (Å²) in [5.74, 6) is -0.503. The zero-order chi connectivity index (χ0) is 13.8. The molecule has 19 heavy (non-hydrogen) atoms. The Balaban J connectivity index is 2.13. The summed E-state index contributed by atoms with van der Waals surface area (Å²) in [6.45, 7) is 3.82. The number of benzene rings is 1. The predicted octanol–water partition coefficient (Wildman–Crippen LogP) is 2.86. The predicted molar refractivity (Wildman–Crippen MR) is 70.5 cm³/mol. The van der Waals surface area contributed by atoms with Crippen LogP contribution in [0.2, 0.25) is 0 Å². The fourth-order valence-electron chi connectivity index (χ4n) is 1.81. The molecule has 0 aliphatic carbocycles. The van der Waals surface area contributed by atoms with Crippen molar-refractivity contribution in [2.24, 2.45) is 0 Å². The van der Waals surface area contributed by atoms with Crippen molar-refractivity contribution in [1.29, 1.82) is 5.26 Å². The highest BCUT2D eigenvalue weighted by atomic mass is 16.5. The van der Waals surface area contributed by atoms with Gasteiger partial charge in [-0.05, 0) is 25.0 Å². The molecule has 0 spiro atoms. The molecule has 0 bridgehead atoms. The number of nitrogens with zero attached hydrogens (tertiary/aromatic N) is 1. The molecule has 1 aromatic heterocycles. The smallest absolute Gasteiger partial charge is 0.356 e. The third-order valence-electron chi connectivity index (χ3n) is 3.03. The van der Waals surface area contributed by atoms with Gasteiger partial charge in [-0.2, -0.15) is 5.26 Å². The highest BCUT2D eigenvalue weighted by Gasteiger charge is 2.19. The van der Waals surface area contributed by atoms with Crippen molar-refractivity contribution in [1.82, 2.24) is 4.98 Å². The lowest BCUT2D eigenvalue weighted by molar-refractivity contribution is 0.0466. The molecular formula is C15H14N2O2. The maximum absolute atomic E-state index is 12.0. The molecule has 2 rings (SSSR count). The van der Waals surface area contributed by atoms with Gasteiger partial charge >= 0.3 is 5.97 Å². The second-order valence-electron chi connectivity index (χ2n) is 4.30. The lowest BCUT2D eigenvalue weighted by Crippen LogP contribution is -2.07. The molecule has 1 N–H and O–H groups in total. The van der Waals surface area contributed by atoms with Gasteiger partial charge in [0.2, 0.25) is 0 Å². The maximum atomic E-state index is 12.0. The number of hydrogen-bond donors (Lipinski definition) is 1. The van der Waals surface area contributed by atoms with Gasteiger partial charge in [0.1, 0.15) is 18.4 Å². The van der Waals surface area contributed by atoms with Crippen LogP contribution in [0.3, 0.4) is 0 Å². The van der Waals surface area contributed by atoms with Gasteiger partial charge in [0, 0.05) is 5.69 Å². The van der Waals surface area contributed by atoms with Gasteiger partial charge < -0.3 is 9.72 Å². The Bertz CT molecular complexity index is 636. The van der Waals surface area contributed by atoms with Crippen LogP contribution in [0.4, 0.5) is 0 Å². The lowest BCUT2D eigenvalue weighted by Gasteiger charge is -2.03. The first-order valence-corrected chi connectivity index (χ1v) is 5.93. The van der Waals surface area contributed by atoms with Gasteiger partial charge in [-0.1, -0.05) is 30.3 Å². The summed E-state index contributed by atoms with van der Waals surface area (Å²) in [6.07, 6.45) is 0. The van der Waals surface area contributed by atoms with E-state index in [1.54, 1.807) is 6.92 Å². The fourth-order valence-corrected chi connectivity index (χ4v) is 1.81. The van der Waals surface area contributed by atoms with Crippen LogP contribution >= 0.6 is 0 Å². The van der Waals surface area contributed by atoms with Gasteiger partial charge in [-0.25, -0.2) is 4.79 Å². The quantitative estimate of drug-likeness (QED) is 0.856. The summed E-state index contributed by atoms with van der Waals surface area (Å²) in [5, 5.41) is 9.07. The molecular weight excluding hydrogens is 240 g/mol. The van der Waals surface area contributed by atoms with Gasteiger partial charge in [0.25, 0.3) is 0 Å². The third-order valence-corrected chi connectivity index (χ3v) is 3.03. The summed E-state index contributed by atoms with van der Waals surface area (Å²) < 4.78 is 5.20. The van der Waals surface area contributed by atoms with Crippen molar-refractivity contribution in [3.8, 4) is 6.07 Å². The third kappa shape index (κ3) is 2.66. The molecule has 1 heterocycles. The molecule has 0 unspecified atom stereocenters. The molecule has 0 fully saturated rings. The number of carbonyl (C=O) groups excluding carboxylic acids is 1. The first kappa shape index (κ1) is 12.9. The largest absolute Gasteiger partial charge is 0.456 e. The zero-order valence-electron chi connectivity index (χ0n) is 10.9. The first-order valence-electron chi connectivity index (χ1n) is 5.93. The number of aromatic amines is 1. The second-order valence-corrected chi connectivity index (χ2v) is 4.30. The molecule has 0 atom stereocenters. The van der Waals surface area contributed by atoms with Crippen molar-refractivity contribution in [3.63, 3.8) is 0 Å². The zero-order valence-corrected chi connectivity index (χ0v) is 10.9. The molecule has 2 aromatic rings. The molecule has 0 aliphatic rings. The second kappa shape index (κ2) is 5.40. The average Bonchev–Trinajstić information content (AvgIpc) is 2.73. The van der Waals surface area contributed by atoms with Crippen molar-refractivity contribution in [3.05, 3.63) is 58.4 Å².